The molecule has 1 aliphatic rings. The molecule has 2 N–H and O–H groups in total. The molecule has 1 heterocycles. The fourth-order valence-electron chi connectivity index (χ4n) is 2.66. The Morgan fingerprint density at radius 2 is 2.14 bits per heavy atom. The Morgan fingerprint density at radius 1 is 1.41 bits per heavy atom. The monoisotopic (exact) mass is 306 g/mol. The number of hydrogen-bond acceptors (Lipinski definition) is 4. The summed E-state index contributed by atoms with van der Waals surface area (Å²) in [5.74, 6) is -0.0622. The Balaban J connectivity index is 1.76. The zero-order chi connectivity index (χ0) is 16.0. The van der Waals surface area contributed by atoms with Crippen LogP contribution in [0.4, 0.5) is 0 Å². The largest absolute Gasteiger partial charge is 0.387 e. The van der Waals surface area contributed by atoms with Crippen molar-refractivity contribution in [3.8, 4) is 0 Å². The molecule has 0 spiro atoms. The smallest absolute Gasteiger partial charge is 0.224 e. The zero-order valence-corrected chi connectivity index (χ0v) is 13.5. The van der Waals surface area contributed by atoms with Crippen LogP contribution in [0.5, 0.6) is 0 Å². The van der Waals surface area contributed by atoms with E-state index >= 15 is 0 Å². The molecule has 0 aromatic heterocycles. The predicted molar refractivity (Wildman–Crippen MR) is 85.8 cm³/mol. The van der Waals surface area contributed by atoms with Crippen LogP contribution in [0.25, 0.3) is 0 Å². The van der Waals surface area contributed by atoms with Crippen LogP contribution in [-0.4, -0.2) is 60.9 Å². The highest BCUT2D eigenvalue weighted by Crippen LogP contribution is 2.08. The van der Waals surface area contributed by atoms with E-state index in [0.717, 1.165) is 24.2 Å². The highest BCUT2D eigenvalue weighted by Gasteiger charge is 2.25. The van der Waals surface area contributed by atoms with E-state index in [1.807, 2.05) is 31.2 Å². The van der Waals surface area contributed by atoms with Gasteiger partial charge in [0.2, 0.25) is 5.91 Å². The fraction of sp³-hybridized carbons (Fsp3) is 0.588. The molecule has 1 atom stereocenters. The standard InChI is InChI=1S/C17H26N2O3/c1-14-4-3-5-15(10-14)11-16(20)18-12-17(2,21)13-19-6-8-22-9-7-19/h3-5,10,21H,6-9,11-13H2,1-2H3,(H,18,20). The number of aliphatic hydroxyl groups is 1. The van der Waals surface area contributed by atoms with Crippen molar-refractivity contribution in [2.45, 2.75) is 25.9 Å². The third kappa shape index (κ3) is 5.75. The molecule has 1 amide bonds. The Hall–Kier alpha value is -1.43. The molecule has 5 nitrogen and oxygen atoms in total. The lowest BCUT2D eigenvalue weighted by atomic mass is 10.1. The van der Waals surface area contributed by atoms with Crippen molar-refractivity contribution in [2.24, 2.45) is 0 Å². The molecule has 122 valence electrons. The minimum atomic E-state index is -0.931. The lowest BCUT2D eigenvalue weighted by molar-refractivity contribution is -0.121. The molecule has 0 radical (unpaired) electrons. The Kier molecular flexibility index (Phi) is 5.94. The van der Waals surface area contributed by atoms with E-state index in [2.05, 4.69) is 10.2 Å². The molecule has 1 unspecified atom stereocenters. The molecule has 1 aromatic carbocycles. The number of ether oxygens (including phenoxy) is 1. The molecule has 1 saturated heterocycles. The summed E-state index contributed by atoms with van der Waals surface area (Å²) in [4.78, 5) is 14.2. The van der Waals surface area contributed by atoms with E-state index in [0.29, 0.717) is 26.2 Å². The normalized spacial score (nSPS) is 18.7. The van der Waals surface area contributed by atoms with Crippen LogP contribution in [0.1, 0.15) is 18.1 Å². The first-order valence-electron chi connectivity index (χ1n) is 7.79. The average molecular weight is 306 g/mol. The van der Waals surface area contributed by atoms with Gasteiger partial charge in [0.05, 0.1) is 25.2 Å². The van der Waals surface area contributed by atoms with Crippen LogP contribution in [0.15, 0.2) is 24.3 Å². The second kappa shape index (κ2) is 7.72. The van der Waals surface area contributed by atoms with Crippen molar-refractivity contribution in [3.63, 3.8) is 0 Å². The zero-order valence-electron chi connectivity index (χ0n) is 13.5. The summed E-state index contributed by atoms with van der Waals surface area (Å²) < 4.78 is 5.30. The van der Waals surface area contributed by atoms with Gasteiger partial charge in [-0.15, -0.1) is 0 Å². The van der Waals surface area contributed by atoms with Crippen molar-refractivity contribution in [3.05, 3.63) is 35.4 Å². The average Bonchev–Trinajstić information content (AvgIpc) is 2.46. The van der Waals surface area contributed by atoms with E-state index < -0.39 is 5.60 Å². The van der Waals surface area contributed by atoms with Crippen molar-refractivity contribution in [2.75, 3.05) is 39.4 Å². The molecule has 1 aromatic rings. The summed E-state index contributed by atoms with van der Waals surface area (Å²) in [7, 11) is 0. The topological polar surface area (TPSA) is 61.8 Å². The van der Waals surface area contributed by atoms with Gasteiger partial charge in [0.15, 0.2) is 0 Å². The number of β-amino-alcohol motifs (C(OH)–C–C–N with tert-alkyl or cyclic N) is 1. The van der Waals surface area contributed by atoms with Crippen molar-refractivity contribution in [1.82, 2.24) is 10.2 Å². The minimum Gasteiger partial charge on any atom is -0.387 e. The number of amides is 1. The molecule has 22 heavy (non-hydrogen) atoms. The number of benzene rings is 1. The molecule has 0 aliphatic carbocycles. The highest BCUT2D eigenvalue weighted by molar-refractivity contribution is 5.78. The molecule has 2 rings (SSSR count). The summed E-state index contributed by atoms with van der Waals surface area (Å²) in [6.07, 6.45) is 0.343. The summed E-state index contributed by atoms with van der Waals surface area (Å²) in [6.45, 7) is 7.63. The van der Waals surface area contributed by atoms with Gasteiger partial charge in [0.25, 0.3) is 0 Å². The Bertz CT molecular complexity index is 496. The molecule has 0 saturated carbocycles. The first kappa shape index (κ1) is 16.9. The third-order valence-electron chi connectivity index (χ3n) is 3.78. The lowest BCUT2D eigenvalue weighted by Crippen LogP contribution is -2.51. The van der Waals surface area contributed by atoms with Crippen molar-refractivity contribution < 1.29 is 14.6 Å². The van der Waals surface area contributed by atoms with Crippen LogP contribution < -0.4 is 5.32 Å². The van der Waals surface area contributed by atoms with Crippen LogP contribution in [0.3, 0.4) is 0 Å². The Morgan fingerprint density at radius 3 is 2.82 bits per heavy atom. The van der Waals surface area contributed by atoms with E-state index in [4.69, 9.17) is 4.74 Å². The summed E-state index contributed by atoms with van der Waals surface area (Å²) >= 11 is 0. The highest BCUT2D eigenvalue weighted by atomic mass is 16.5. The van der Waals surface area contributed by atoms with Crippen LogP contribution in [0, 0.1) is 6.92 Å². The van der Waals surface area contributed by atoms with Crippen molar-refractivity contribution >= 4 is 5.91 Å². The second-order valence-electron chi connectivity index (χ2n) is 6.33. The summed E-state index contributed by atoms with van der Waals surface area (Å²) in [6, 6.07) is 7.91. The molecular weight excluding hydrogens is 280 g/mol. The van der Waals surface area contributed by atoms with E-state index in [1.54, 1.807) is 6.92 Å². The molecule has 0 bridgehead atoms. The SMILES string of the molecule is Cc1cccc(CC(=O)NCC(C)(O)CN2CCOCC2)c1. The summed E-state index contributed by atoms with van der Waals surface area (Å²) in [5, 5.41) is 13.3. The number of aryl methyl sites for hydroxylation is 1. The van der Waals surface area contributed by atoms with Gasteiger partial charge in [0.1, 0.15) is 0 Å². The first-order chi connectivity index (χ1) is 10.4. The maximum absolute atomic E-state index is 12.0. The molecule has 1 aliphatic heterocycles. The molecule has 1 fully saturated rings. The first-order valence-corrected chi connectivity index (χ1v) is 7.79. The number of nitrogens with one attached hydrogen (secondary N) is 1. The van der Waals surface area contributed by atoms with Gasteiger partial charge in [-0.25, -0.2) is 0 Å². The van der Waals surface area contributed by atoms with Gasteiger partial charge in [-0.2, -0.15) is 0 Å². The number of morpholine rings is 1. The van der Waals surface area contributed by atoms with Crippen LogP contribution in [-0.2, 0) is 16.0 Å². The van der Waals surface area contributed by atoms with Gasteiger partial charge in [-0.05, 0) is 19.4 Å². The maximum Gasteiger partial charge on any atom is 0.224 e. The van der Waals surface area contributed by atoms with Gasteiger partial charge in [0, 0.05) is 26.2 Å². The molecular formula is C17H26N2O3. The third-order valence-corrected chi connectivity index (χ3v) is 3.78. The van der Waals surface area contributed by atoms with Gasteiger partial charge < -0.3 is 15.2 Å². The number of carbonyl (C=O) groups excluding carboxylic acids is 1. The van der Waals surface area contributed by atoms with E-state index in [-0.39, 0.29) is 12.5 Å². The number of carbonyl (C=O) groups is 1. The second-order valence-corrected chi connectivity index (χ2v) is 6.33. The van der Waals surface area contributed by atoms with Crippen LogP contribution in [0.2, 0.25) is 0 Å². The van der Waals surface area contributed by atoms with E-state index in [1.165, 1.54) is 0 Å². The maximum atomic E-state index is 12.0. The van der Waals surface area contributed by atoms with Gasteiger partial charge in [-0.1, -0.05) is 29.8 Å². The van der Waals surface area contributed by atoms with Crippen molar-refractivity contribution in [1.29, 1.82) is 0 Å². The number of nitrogens with zero attached hydrogens (tertiary/aromatic N) is 1. The fourth-order valence-corrected chi connectivity index (χ4v) is 2.66. The number of rotatable bonds is 6. The predicted octanol–water partition coefficient (Wildman–Crippen LogP) is 0.737. The lowest BCUT2D eigenvalue weighted by Gasteiger charge is -2.33. The number of hydrogen-bond donors (Lipinski definition) is 2. The minimum absolute atomic E-state index is 0.0622. The molecule has 5 heteroatoms. The van der Waals surface area contributed by atoms with Gasteiger partial charge in [-0.3, -0.25) is 9.69 Å². The Labute approximate surface area is 132 Å². The quantitative estimate of drug-likeness (QED) is 0.814. The van der Waals surface area contributed by atoms with Crippen LogP contribution >= 0.6 is 0 Å². The van der Waals surface area contributed by atoms with Gasteiger partial charge >= 0.3 is 0 Å². The summed E-state index contributed by atoms with van der Waals surface area (Å²) in [5.41, 5.74) is 1.20. The van der Waals surface area contributed by atoms with E-state index in [9.17, 15) is 9.90 Å².